The smallest absolute Gasteiger partial charge is 0.159 e. The molecule has 0 aliphatic carbocycles. The van der Waals surface area contributed by atoms with E-state index in [1.807, 2.05) is 0 Å². The maximum Gasteiger partial charge on any atom is 0.159 e. The number of halogens is 4. The molecule has 0 atom stereocenters. The first-order chi connectivity index (χ1) is 8.01. The maximum absolute atomic E-state index is 12.4. The highest BCUT2D eigenvalue weighted by atomic mass is 79.9. The molecule has 0 saturated heterocycles. The van der Waals surface area contributed by atoms with Gasteiger partial charge < -0.3 is 0 Å². The minimum atomic E-state index is -0.801. The number of allylic oxidation sites excluding steroid dienone is 2. The Morgan fingerprint density at radius 3 is 2.18 bits per heavy atom. The van der Waals surface area contributed by atoms with Crippen molar-refractivity contribution in [2.75, 3.05) is 5.33 Å². The SMILES string of the molecule is CC(C)=CCCBr.Fc1ccc(CBr)cc1F. The molecule has 1 aromatic rings. The van der Waals surface area contributed by atoms with Gasteiger partial charge in [0.05, 0.1) is 0 Å². The number of hydrogen-bond donors (Lipinski definition) is 0. The molecule has 0 aromatic heterocycles. The van der Waals surface area contributed by atoms with Crippen LogP contribution in [-0.2, 0) is 5.33 Å². The lowest BCUT2D eigenvalue weighted by Crippen LogP contribution is -1.85. The number of benzene rings is 1. The van der Waals surface area contributed by atoms with Crippen LogP contribution in [0.5, 0.6) is 0 Å². The van der Waals surface area contributed by atoms with Gasteiger partial charge in [-0.05, 0) is 38.0 Å². The van der Waals surface area contributed by atoms with Gasteiger partial charge in [0, 0.05) is 10.7 Å². The molecule has 0 radical (unpaired) electrons. The van der Waals surface area contributed by atoms with Crippen molar-refractivity contribution in [2.45, 2.75) is 25.6 Å². The first kappa shape index (κ1) is 16.8. The third-order valence-corrected chi connectivity index (χ3v) is 2.91. The zero-order chi connectivity index (χ0) is 13.3. The highest BCUT2D eigenvalue weighted by molar-refractivity contribution is 9.09. The van der Waals surface area contributed by atoms with E-state index < -0.39 is 11.6 Å². The van der Waals surface area contributed by atoms with Crippen LogP contribution in [-0.4, -0.2) is 5.33 Å². The molecule has 0 unspecified atom stereocenters. The summed E-state index contributed by atoms with van der Waals surface area (Å²) in [4.78, 5) is 0. The lowest BCUT2D eigenvalue weighted by atomic mass is 10.2. The fourth-order valence-corrected chi connectivity index (χ4v) is 1.54. The average molecular weight is 370 g/mol. The van der Waals surface area contributed by atoms with Gasteiger partial charge in [-0.15, -0.1) is 0 Å². The molecule has 0 nitrogen and oxygen atoms in total. The van der Waals surface area contributed by atoms with E-state index >= 15 is 0 Å². The highest BCUT2D eigenvalue weighted by Gasteiger charge is 1.99. The second-order valence-corrected chi connectivity index (χ2v) is 4.99. The summed E-state index contributed by atoms with van der Waals surface area (Å²) < 4.78 is 24.6. The van der Waals surface area contributed by atoms with Crippen LogP contribution in [0.15, 0.2) is 29.8 Å². The molecule has 0 bridgehead atoms. The highest BCUT2D eigenvalue weighted by Crippen LogP contribution is 2.10. The summed E-state index contributed by atoms with van der Waals surface area (Å²) >= 11 is 6.46. The van der Waals surface area contributed by atoms with E-state index in [0.29, 0.717) is 5.33 Å². The molecular formula is C13H16Br2F2. The van der Waals surface area contributed by atoms with Crippen molar-refractivity contribution < 1.29 is 8.78 Å². The van der Waals surface area contributed by atoms with Crippen LogP contribution in [0.1, 0.15) is 25.8 Å². The summed E-state index contributed by atoms with van der Waals surface area (Å²) in [5, 5.41) is 1.63. The van der Waals surface area contributed by atoms with Crippen molar-refractivity contribution in [1.82, 2.24) is 0 Å². The van der Waals surface area contributed by atoms with Gasteiger partial charge in [0.15, 0.2) is 11.6 Å². The molecule has 0 aliphatic heterocycles. The Bertz CT molecular complexity index is 358. The average Bonchev–Trinajstić information content (AvgIpc) is 2.31. The molecule has 96 valence electrons. The van der Waals surface area contributed by atoms with Gasteiger partial charge in [-0.25, -0.2) is 8.78 Å². The minimum Gasteiger partial charge on any atom is -0.204 e. The molecule has 17 heavy (non-hydrogen) atoms. The number of alkyl halides is 2. The van der Waals surface area contributed by atoms with Crippen molar-refractivity contribution in [3.8, 4) is 0 Å². The first-order valence-electron chi connectivity index (χ1n) is 5.20. The van der Waals surface area contributed by atoms with Gasteiger partial charge in [-0.3, -0.25) is 0 Å². The second-order valence-electron chi connectivity index (χ2n) is 3.64. The van der Waals surface area contributed by atoms with Gasteiger partial charge in [-0.2, -0.15) is 0 Å². The molecule has 0 saturated carbocycles. The van der Waals surface area contributed by atoms with Crippen LogP contribution in [0.2, 0.25) is 0 Å². The summed E-state index contributed by atoms with van der Waals surface area (Å²) in [7, 11) is 0. The van der Waals surface area contributed by atoms with E-state index in [1.54, 1.807) is 0 Å². The van der Waals surface area contributed by atoms with E-state index in [1.165, 1.54) is 17.7 Å². The van der Waals surface area contributed by atoms with E-state index in [9.17, 15) is 8.78 Å². The summed E-state index contributed by atoms with van der Waals surface area (Å²) in [6, 6.07) is 3.82. The minimum absolute atomic E-state index is 0.546. The molecule has 0 N–H and O–H groups in total. The summed E-state index contributed by atoms with van der Waals surface area (Å²) in [6.45, 7) is 4.23. The van der Waals surface area contributed by atoms with E-state index in [2.05, 4.69) is 51.8 Å². The molecule has 0 heterocycles. The zero-order valence-electron chi connectivity index (χ0n) is 9.94. The standard InChI is InChI=1S/C7H5BrF2.C6H11Br/c8-4-5-1-2-6(9)7(10)3-5;1-6(2)4-3-5-7/h1-3H,4H2;4H,3,5H2,1-2H3. The largest absolute Gasteiger partial charge is 0.204 e. The fourth-order valence-electron chi connectivity index (χ4n) is 0.966. The van der Waals surface area contributed by atoms with Crippen molar-refractivity contribution in [3.63, 3.8) is 0 Å². The molecule has 0 aliphatic rings. The molecule has 0 fully saturated rings. The quantitative estimate of drug-likeness (QED) is 0.480. The molecule has 0 spiro atoms. The monoisotopic (exact) mass is 368 g/mol. The van der Waals surface area contributed by atoms with Gasteiger partial charge >= 0.3 is 0 Å². The van der Waals surface area contributed by atoms with Crippen LogP contribution in [0.25, 0.3) is 0 Å². The van der Waals surface area contributed by atoms with Gasteiger partial charge in [0.2, 0.25) is 0 Å². The fraction of sp³-hybridized carbons (Fsp3) is 0.385. The predicted molar refractivity (Wildman–Crippen MR) is 76.8 cm³/mol. The Morgan fingerprint density at radius 2 is 1.82 bits per heavy atom. The van der Waals surface area contributed by atoms with Crippen LogP contribution in [0.3, 0.4) is 0 Å². The van der Waals surface area contributed by atoms with Crippen LogP contribution in [0.4, 0.5) is 8.78 Å². The predicted octanol–water partition coefficient (Wildman–Crippen LogP) is 5.60. The zero-order valence-corrected chi connectivity index (χ0v) is 13.1. The lowest BCUT2D eigenvalue weighted by molar-refractivity contribution is 0.507. The van der Waals surface area contributed by atoms with E-state index in [4.69, 9.17) is 0 Å². The van der Waals surface area contributed by atoms with Gasteiger partial charge in [0.1, 0.15) is 0 Å². The Kier molecular flexibility index (Phi) is 9.65. The van der Waals surface area contributed by atoms with E-state index in [0.717, 1.165) is 23.4 Å². The van der Waals surface area contributed by atoms with Crippen molar-refractivity contribution in [1.29, 1.82) is 0 Å². The van der Waals surface area contributed by atoms with Crippen molar-refractivity contribution >= 4 is 31.9 Å². The van der Waals surface area contributed by atoms with Crippen molar-refractivity contribution in [3.05, 3.63) is 47.0 Å². The Balaban J connectivity index is 0.000000325. The topological polar surface area (TPSA) is 0 Å². The third-order valence-electron chi connectivity index (χ3n) is 1.80. The second kappa shape index (κ2) is 9.77. The third kappa shape index (κ3) is 8.50. The first-order valence-corrected chi connectivity index (χ1v) is 7.44. The molecule has 4 heteroatoms. The Labute approximate surface area is 118 Å². The number of hydrogen-bond acceptors (Lipinski definition) is 0. The Hall–Kier alpha value is -0.220. The molecular weight excluding hydrogens is 354 g/mol. The summed E-state index contributed by atoms with van der Waals surface area (Å²) in [5.74, 6) is -1.60. The lowest BCUT2D eigenvalue weighted by Gasteiger charge is -1.94. The molecule has 1 aromatic carbocycles. The van der Waals surface area contributed by atoms with E-state index in [-0.39, 0.29) is 0 Å². The van der Waals surface area contributed by atoms with Crippen LogP contribution < -0.4 is 0 Å². The Morgan fingerprint density at radius 1 is 1.18 bits per heavy atom. The van der Waals surface area contributed by atoms with Gasteiger partial charge in [0.25, 0.3) is 0 Å². The summed E-state index contributed by atoms with van der Waals surface area (Å²) in [6.07, 6.45) is 3.37. The van der Waals surface area contributed by atoms with Crippen LogP contribution >= 0.6 is 31.9 Å². The normalized spacial score (nSPS) is 9.29. The van der Waals surface area contributed by atoms with Crippen molar-refractivity contribution in [2.24, 2.45) is 0 Å². The molecule has 0 amide bonds. The van der Waals surface area contributed by atoms with Crippen LogP contribution in [0, 0.1) is 11.6 Å². The number of rotatable bonds is 3. The maximum atomic E-state index is 12.4. The summed E-state index contributed by atoms with van der Waals surface area (Å²) in [5.41, 5.74) is 2.14. The molecule has 1 rings (SSSR count). The van der Waals surface area contributed by atoms with Gasteiger partial charge in [-0.1, -0.05) is 49.6 Å².